The van der Waals surface area contributed by atoms with Crippen molar-refractivity contribution in [2.75, 3.05) is 25.6 Å². The predicted molar refractivity (Wildman–Crippen MR) is 89.6 cm³/mol. The zero-order valence-electron chi connectivity index (χ0n) is 12.3. The number of thiophene rings is 1. The quantitative estimate of drug-likeness (QED) is 0.675. The summed E-state index contributed by atoms with van der Waals surface area (Å²) in [5, 5.41) is 2.42. The van der Waals surface area contributed by atoms with Gasteiger partial charge in [0.1, 0.15) is 0 Å². The van der Waals surface area contributed by atoms with Crippen LogP contribution in [0.5, 0.6) is 0 Å². The van der Waals surface area contributed by atoms with Gasteiger partial charge in [0, 0.05) is 40.0 Å². The largest absolute Gasteiger partial charge is 0.462 e. The Morgan fingerprint density at radius 2 is 1.76 bits per heavy atom. The van der Waals surface area contributed by atoms with Crippen LogP contribution in [-0.2, 0) is 4.74 Å². The molecule has 21 heavy (non-hydrogen) atoms. The van der Waals surface area contributed by atoms with Gasteiger partial charge in [0.15, 0.2) is 0 Å². The number of hydrogen-bond donors (Lipinski definition) is 0. The van der Waals surface area contributed by atoms with Crippen molar-refractivity contribution in [3.63, 3.8) is 0 Å². The van der Waals surface area contributed by atoms with Gasteiger partial charge in [-0.1, -0.05) is 12.1 Å². The second kappa shape index (κ2) is 5.37. The van der Waals surface area contributed by atoms with Gasteiger partial charge in [-0.25, -0.2) is 4.79 Å². The average molecular weight is 299 g/mol. The molecule has 0 unspecified atom stereocenters. The number of carbonyl (C=O) groups is 1. The molecule has 0 atom stereocenters. The number of rotatable bonds is 3. The molecule has 0 aliphatic heterocycles. The minimum absolute atomic E-state index is 0.258. The van der Waals surface area contributed by atoms with Crippen molar-refractivity contribution in [1.29, 1.82) is 0 Å². The number of nitrogens with zero attached hydrogens (tertiary/aromatic N) is 1. The monoisotopic (exact) mass is 299 g/mol. The number of fused-ring (bicyclic) bond motifs is 3. The summed E-state index contributed by atoms with van der Waals surface area (Å²) in [6, 6.07) is 12.2. The lowest BCUT2D eigenvalue weighted by Crippen LogP contribution is -2.07. The Bertz CT molecular complexity index is 820. The number of anilines is 1. The first-order valence-electron chi connectivity index (χ1n) is 6.91. The van der Waals surface area contributed by atoms with Crippen LogP contribution >= 0.6 is 11.3 Å². The van der Waals surface area contributed by atoms with Crippen LogP contribution in [0.3, 0.4) is 0 Å². The maximum atomic E-state index is 11.8. The van der Waals surface area contributed by atoms with E-state index in [-0.39, 0.29) is 5.97 Å². The zero-order chi connectivity index (χ0) is 15.0. The number of esters is 1. The molecular formula is C17H17NO2S. The first-order chi connectivity index (χ1) is 10.1. The van der Waals surface area contributed by atoms with Crippen molar-refractivity contribution in [1.82, 2.24) is 0 Å². The lowest BCUT2D eigenvalue weighted by Gasteiger charge is -2.11. The van der Waals surface area contributed by atoms with Crippen LogP contribution in [0, 0.1) is 0 Å². The van der Waals surface area contributed by atoms with Crippen LogP contribution in [0.4, 0.5) is 5.69 Å². The fourth-order valence-electron chi connectivity index (χ4n) is 2.39. The number of hydrogen-bond acceptors (Lipinski definition) is 4. The highest BCUT2D eigenvalue weighted by atomic mass is 32.1. The van der Waals surface area contributed by atoms with E-state index in [0.717, 1.165) is 4.70 Å². The third kappa shape index (κ3) is 2.47. The molecule has 1 heterocycles. The summed E-state index contributed by atoms with van der Waals surface area (Å²) in [7, 11) is 4.07. The fraction of sp³-hybridized carbons (Fsp3) is 0.235. The first kappa shape index (κ1) is 13.9. The van der Waals surface area contributed by atoms with Crippen LogP contribution in [0.1, 0.15) is 17.3 Å². The summed E-state index contributed by atoms with van der Waals surface area (Å²) < 4.78 is 7.41. The molecule has 0 saturated carbocycles. The smallest absolute Gasteiger partial charge is 0.338 e. The zero-order valence-corrected chi connectivity index (χ0v) is 13.2. The third-order valence-corrected chi connectivity index (χ3v) is 4.60. The Morgan fingerprint density at radius 1 is 1.10 bits per heavy atom. The van der Waals surface area contributed by atoms with E-state index in [1.165, 1.54) is 21.2 Å². The Morgan fingerprint density at radius 3 is 2.43 bits per heavy atom. The van der Waals surface area contributed by atoms with Crippen LogP contribution in [0.2, 0.25) is 0 Å². The molecule has 4 heteroatoms. The second-order valence-corrected chi connectivity index (χ2v) is 6.19. The van der Waals surface area contributed by atoms with E-state index in [2.05, 4.69) is 23.1 Å². The summed E-state index contributed by atoms with van der Waals surface area (Å²) in [5.41, 5.74) is 1.79. The summed E-state index contributed by atoms with van der Waals surface area (Å²) in [4.78, 5) is 13.9. The van der Waals surface area contributed by atoms with Crippen LogP contribution in [0.25, 0.3) is 20.2 Å². The minimum atomic E-state index is -0.258. The number of benzene rings is 2. The Labute approximate surface area is 127 Å². The normalized spacial score (nSPS) is 11.0. The van der Waals surface area contributed by atoms with Crippen molar-refractivity contribution in [2.45, 2.75) is 6.92 Å². The van der Waals surface area contributed by atoms with Gasteiger partial charge in [0.05, 0.1) is 12.2 Å². The molecule has 0 saturated heterocycles. The summed E-state index contributed by atoms with van der Waals surface area (Å²) in [6.45, 7) is 2.22. The van der Waals surface area contributed by atoms with E-state index >= 15 is 0 Å². The highest BCUT2D eigenvalue weighted by molar-refractivity contribution is 7.25. The molecule has 0 fully saturated rings. The molecular weight excluding hydrogens is 282 g/mol. The molecule has 1 aromatic heterocycles. The molecule has 0 aliphatic rings. The van der Waals surface area contributed by atoms with E-state index in [1.54, 1.807) is 11.3 Å². The highest BCUT2D eigenvalue weighted by Crippen LogP contribution is 2.36. The minimum Gasteiger partial charge on any atom is -0.462 e. The molecule has 3 nitrogen and oxygen atoms in total. The van der Waals surface area contributed by atoms with Crippen molar-refractivity contribution in [2.24, 2.45) is 0 Å². The summed E-state index contributed by atoms with van der Waals surface area (Å²) >= 11 is 1.71. The molecule has 3 aromatic rings. The molecule has 0 amide bonds. The molecule has 3 rings (SSSR count). The first-order valence-corrected chi connectivity index (χ1v) is 7.72. The van der Waals surface area contributed by atoms with Gasteiger partial charge in [-0.3, -0.25) is 0 Å². The van der Waals surface area contributed by atoms with Gasteiger partial charge in [-0.15, -0.1) is 11.3 Å². The van der Waals surface area contributed by atoms with Crippen molar-refractivity contribution >= 4 is 43.2 Å². The molecule has 0 aliphatic carbocycles. The van der Waals surface area contributed by atoms with Gasteiger partial charge in [0.2, 0.25) is 0 Å². The lowest BCUT2D eigenvalue weighted by molar-refractivity contribution is 0.0526. The maximum absolute atomic E-state index is 11.8. The fourth-order valence-corrected chi connectivity index (χ4v) is 3.56. The van der Waals surface area contributed by atoms with Gasteiger partial charge in [-0.2, -0.15) is 0 Å². The molecule has 0 spiro atoms. The van der Waals surface area contributed by atoms with E-state index in [9.17, 15) is 4.79 Å². The SMILES string of the molecule is CCOC(=O)c1ccc2c(c1)sc1cc(N(C)C)ccc12. The second-order valence-electron chi connectivity index (χ2n) is 5.11. The van der Waals surface area contributed by atoms with E-state index in [1.807, 2.05) is 39.2 Å². The van der Waals surface area contributed by atoms with Crippen molar-refractivity contribution in [3.05, 3.63) is 42.0 Å². The van der Waals surface area contributed by atoms with E-state index in [4.69, 9.17) is 4.74 Å². The molecule has 108 valence electrons. The molecule has 0 bridgehead atoms. The lowest BCUT2D eigenvalue weighted by atomic mass is 10.1. The maximum Gasteiger partial charge on any atom is 0.338 e. The Balaban J connectivity index is 2.14. The van der Waals surface area contributed by atoms with Crippen molar-refractivity contribution in [3.8, 4) is 0 Å². The van der Waals surface area contributed by atoms with Gasteiger partial charge >= 0.3 is 5.97 Å². The van der Waals surface area contributed by atoms with Gasteiger partial charge < -0.3 is 9.64 Å². The molecule has 0 radical (unpaired) electrons. The molecule has 2 aromatic carbocycles. The van der Waals surface area contributed by atoms with Gasteiger partial charge in [-0.05, 0) is 31.2 Å². The van der Waals surface area contributed by atoms with Crippen molar-refractivity contribution < 1.29 is 9.53 Å². The summed E-state index contributed by atoms with van der Waals surface area (Å²) in [5.74, 6) is -0.258. The average Bonchev–Trinajstić information content (AvgIpc) is 2.83. The Kier molecular flexibility index (Phi) is 3.55. The topological polar surface area (TPSA) is 29.5 Å². The van der Waals surface area contributed by atoms with Crippen LogP contribution in [-0.4, -0.2) is 26.7 Å². The van der Waals surface area contributed by atoms with Crippen LogP contribution in [0.15, 0.2) is 36.4 Å². The number of ether oxygens (including phenoxy) is 1. The molecule has 0 N–H and O–H groups in total. The predicted octanol–water partition coefficient (Wildman–Crippen LogP) is 4.30. The summed E-state index contributed by atoms with van der Waals surface area (Å²) in [6.07, 6.45) is 0. The Hall–Kier alpha value is -2.07. The van der Waals surface area contributed by atoms with E-state index < -0.39 is 0 Å². The standard InChI is InChI=1S/C17H17NO2S/c1-4-20-17(19)11-5-7-13-14-8-6-12(18(2)3)10-16(14)21-15(13)9-11/h5-10H,4H2,1-3H3. The van der Waals surface area contributed by atoms with Gasteiger partial charge in [0.25, 0.3) is 0 Å². The van der Waals surface area contributed by atoms with Crippen LogP contribution < -0.4 is 4.90 Å². The highest BCUT2D eigenvalue weighted by Gasteiger charge is 2.11. The number of carbonyl (C=O) groups excluding carboxylic acids is 1. The third-order valence-electron chi connectivity index (χ3n) is 3.48. The van der Waals surface area contributed by atoms with E-state index in [0.29, 0.717) is 12.2 Å².